The molecule has 0 spiro atoms. The first-order chi connectivity index (χ1) is 10.1. The topological polar surface area (TPSA) is 58.6 Å². The van der Waals surface area contributed by atoms with Crippen LogP contribution in [0, 0.1) is 0 Å². The molecule has 0 fully saturated rings. The Hall–Kier alpha value is -2.01. The fraction of sp³-hybridized carbons (Fsp3) is 0.188. The number of fused-ring (bicyclic) bond motifs is 1. The second kappa shape index (κ2) is 5.77. The molecule has 4 nitrogen and oxygen atoms in total. The molecule has 0 aromatic heterocycles. The summed E-state index contributed by atoms with van der Waals surface area (Å²) in [4.78, 5) is 12.1. The number of carbonyl (C=O) groups is 1. The highest BCUT2D eigenvalue weighted by atomic mass is 79.9. The average molecular weight is 348 g/mol. The fourth-order valence-electron chi connectivity index (χ4n) is 2.40. The highest BCUT2D eigenvalue weighted by molar-refractivity contribution is 9.10. The smallest absolute Gasteiger partial charge is 0.251 e. The number of nitrogens with one attached hydrogen (secondary N) is 1. The third-order valence-corrected chi connectivity index (χ3v) is 3.83. The summed E-state index contributed by atoms with van der Waals surface area (Å²) >= 11 is 3.48. The van der Waals surface area contributed by atoms with Gasteiger partial charge >= 0.3 is 0 Å². The molecule has 1 aliphatic heterocycles. The summed E-state index contributed by atoms with van der Waals surface area (Å²) in [5.74, 6) is 0.723. The molecule has 2 aromatic carbocycles. The van der Waals surface area contributed by atoms with Crippen LogP contribution in [0.25, 0.3) is 0 Å². The van der Waals surface area contributed by atoms with E-state index in [-0.39, 0.29) is 11.7 Å². The van der Waals surface area contributed by atoms with E-state index >= 15 is 0 Å². The maximum atomic E-state index is 12.1. The van der Waals surface area contributed by atoms with Gasteiger partial charge in [-0.1, -0.05) is 22.0 Å². The van der Waals surface area contributed by atoms with E-state index in [1.165, 1.54) is 12.1 Å². The predicted octanol–water partition coefficient (Wildman–Crippen LogP) is 3.02. The molecular formula is C16H14BrNO3. The molecule has 5 heteroatoms. The zero-order valence-corrected chi connectivity index (χ0v) is 12.8. The Kier molecular flexibility index (Phi) is 3.84. The number of benzene rings is 2. The lowest BCUT2D eigenvalue weighted by Crippen LogP contribution is -2.23. The zero-order valence-electron chi connectivity index (χ0n) is 11.2. The molecule has 2 N–H and O–H groups in total. The minimum Gasteiger partial charge on any atom is -0.508 e. The van der Waals surface area contributed by atoms with Crippen LogP contribution >= 0.6 is 15.9 Å². The lowest BCUT2D eigenvalue weighted by atomic mass is 10.1. The summed E-state index contributed by atoms with van der Waals surface area (Å²) in [6.07, 6.45) is 0.891. The number of carbonyl (C=O) groups excluding carboxylic acids is 1. The van der Waals surface area contributed by atoms with Gasteiger partial charge in [0.1, 0.15) is 11.5 Å². The number of halogens is 1. The molecule has 2 aromatic rings. The monoisotopic (exact) mass is 347 g/mol. The molecule has 0 unspecified atom stereocenters. The number of rotatable bonds is 3. The first-order valence-corrected chi connectivity index (χ1v) is 7.44. The number of amides is 1. The summed E-state index contributed by atoms with van der Waals surface area (Å²) in [6.45, 7) is 1.07. The van der Waals surface area contributed by atoms with Crippen LogP contribution in [0.4, 0.5) is 0 Å². The molecule has 21 heavy (non-hydrogen) atoms. The van der Waals surface area contributed by atoms with E-state index in [1.807, 2.05) is 12.1 Å². The Morgan fingerprint density at radius 1 is 1.33 bits per heavy atom. The summed E-state index contributed by atoms with van der Waals surface area (Å²) in [7, 11) is 0. The first kappa shape index (κ1) is 13.9. The van der Waals surface area contributed by atoms with E-state index in [0.29, 0.717) is 18.7 Å². The second-order valence-electron chi connectivity index (χ2n) is 4.88. The van der Waals surface area contributed by atoms with Crippen LogP contribution in [0.5, 0.6) is 11.5 Å². The van der Waals surface area contributed by atoms with E-state index in [0.717, 1.165) is 27.8 Å². The summed E-state index contributed by atoms with van der Waals surface area (Å²) < 4.78 is 6.61. The van der Waals surface area contributed by atoms with E-state index in [4.69, 9.17) is 4.74 Å². The third kappa shape index (κ3) is 3.03. The second-order valence-corrected chi connectivity index (χ2v) is 5.80. The highest BCUT2D eigenvalue weighted by Gasteiger charge is 2.18. The Labute approximate surface area is 130 Å². The number of hydrogen-bond acceptors (Lipinski definition) is 3. The van der Waals surface area contributed by atoms with Gasteiger partial charge in [-0.3, -0.25) is 4.79 Å². The maximum Gasteiger partial charge on any atom is 0.251 e. The number of hydrogen-bond donors (Lipinski definition) is 2. The molecule has 0 saturated heterocycles. The largest absolute Gasteiger partial charge is 0.508 e. The standard InChI is InChI=1S/C16H14BrNO3/c17-13-6-10-4-5-21-15(10)12(7-13)9-18-16(20)11-2-1-3-14(19)8-11/h1-3,6-8,19H,4-5,9H2,(H,18,20). The van der Waals surface area contributed by atoms with Gasteiger partial charge in [-0.25, -0.2) is 0 Å². The number of phenolic OH excluding ortho intramolecular Hbond substituents is 1. The number of phenols is 1. The Balaban J connectivity index is 1.75. The number of ether oxygens (including phenoxy) is 1. The van der Waals surface area contributed by atoms with Crippen molar-refractivity contribution in [1.29, 1.82) is 0 Å². The van der Waals surface area contributed by atoms with Crippen molar-refractivity contribution in [2.24, 2.45) is 0 Å². The van der Waals surface area contributed by atoms with Gasteiger partial charge in [0, 0.05) is 28.6 Å². The van der Waals surface area contributed by atoms with Crippen LogP contribution < -0.4 is 10.1 Å². The van der Waals surface area contributed by atoms with E-state index in [9.17, 15) is 9.90 Å². The van der Waals surface area contributed by atoms with Crippen molar-refractivity contribution in [3.05, 3.63) is 57.6 Å². The van der Waals surface area contributed by atoms with Gasteiger partial charge < -0.3 is 15.2 Å². The van der Waals surface area contributed by atoms with Crippen LogP contribution in [0.1, 0.15) is 21.5 Å². The van der Waals surface area contributed by atoms with Crippen molar-refractivity contribution in [2.45, 2.75) is 13.0 Å². The first-order valence-electron chi connectivity index (χ1n) is 6.65. The van der Waals surface area contributed by atoms with Crippen LogP contribution in [-0.4, -0.2) is 17.6 Å². The molecule has 108 valence electrons. The molecule has 0 aliphatic carbocycles. The van der Waals surface area contributed by atoms with Crippen LogP contribution in [0.15, 0.2) is 40.9 Å². The molecule has 0 atom stereocenters. The Bertz CT molecular complexity index is 700. The van der Waals surface area contributed by atoms with Gasteiger partial charge in [-0.05, 0) is 35.9 Å². The summed E-state index contributed by atoms with van der Waals surface area (Å²) in [5, 5.41) is 12.3. The third-order valence-electron chi connectivity index (χ3n) is 3.37. The molecule has 1 aliphatic rings. The lowest BCUT2D eigenvalue weighted by molar-refractivity contribution is 0.0950. The van der Waals surface area contributed by atoms with Gasteiger partial charge in [0.2, 0.25) is 0 Å². The SMILES string of the molecule is O=C(NCc1cc(Br)cc2c1OCC2)c1cccc(O)c1. The van der Waals surface area contributed by atoms with Gasteiger partial charge in [0.05, 0.1) is 6.61 Å². The van der Waals surface area contributed by atoms with Gasteiger partial charge in [0.25, 0.3) is 5.91 Å². The predicted molar refractivity (Wildman–Crippen MR) is 82.6 cm³/mol. The molecule has 0 radical (unpaired) electrons. The van der Waals surface area contributed by atoms with E-state index in [1.54, 1.807) is 12.1 Å². The maximum absolute atomic E-state index is 12.1. The van der Waals surface area contributed by atoms with Crippen molar-refractivity contribution in [3.63, 3.8) is 0 Å². The normalized spacial score (nSPS) is 12.6. The number of aromatic hydroxyl groups is 1. The van der Waals surface area contributed by atoms with Gasteiger partial charge in [0.15, 0.2) is 0 Å². The van der Waals surface area contributed by atoms with Crippen LogP contribution in [0.2, 0.25) is 0 Å². The van der Waals surface area contributed by atoms with E-state index < -0.39 is 0 Å². The molecule has 1 heterocycles. The average Bonchev–Trinajstić information content (AvgIpc) is 2.92. The summed E-state index contributed by atoms with van der Waals surface area (Å²) in [6, 6.07) is 10.3. The van der Waals surface area contributed by atoms with Crippen molar-refractivity contribution in [3.8, 4) is 11.5 Å². The molecule has 0 saturated carbocycles. The van der Waals surface area contributed by atoms with E-state index in [2.05, 4.69) is 21.2 Å². The van der Waals surface area contributed by atoms with Crippen LogP contribution in [-0.2, 0) is 13.0 Å². The Morgan fingerprint density at radius 3 is 3.00 bits per heavy atom. The minimum absolute atomic E-state index is 0.0781. The molecular weight excluding hydrogens is 334 g/mol. The fourth-order valence-corrected chi connectivity index (χ4v) is 2.95. The van der Waals surface area contributed by atoms with Gasteiger partial charge in [-0.15, -0.1) is 0 Å². The molecule has 3 rings (SSSR count). The van der Waals surface area contributed by atoms with Crippen molar-refractivity contribution < 1.29 is 14.6 Å². The highest BCUT2D eigenvalue weighted by Crippen LogP contribution is 2.32. The summed E-state index contributed by atoms with van der Waals surface area (Å²) in [5.41, 5.74) is 2.54. The quantitative estimate of drug-likeness (QED) is 0.897. The molecule has 1 amide bonds. The minimum atomic E-state index is -0.224. The lowest BCUT2D eigenvalue weighted by Gasteiger charge is -2.10. The van der Waals surface area contributed by atoms with Crippen molar-refractivity contribution in [1.82, 2.24) is 5.32 Å². The molecule has 0 bridgehead atoms. The Morgan fingerprint density at radius 2 is 2.19 bits per heavy atom. The van der Waals surface area contributed by atoms with Gasteiger partial charge in [-0.2, -0.15) is 0 Å². The zero-order chi connectivity index (χ0) is 14.8. The van der Waals surface area contributed by atoms with Crippen molar-refractivity contribution in [2.75, 3.05) is 6.61 Å². The van der Waals surface area contributed by atoms with Crippen LogP contribution in [0.3, 0.4) is 0 Å². The van der Waals surface area contributed by atoms with Crippen molar-refractivity contribution >= 4 is 21.8 Å².